The van der Waals surface area contributed by atoms with Crippen LogP contribution in [0.15, 0.2) is 41.8 Å². The molecule has 0 aromatic heterocycles. The zero-order chi connectivity index (χ0) is 13.1. The van der Waals surface area contributed by atoms with E-state index >= 15 is 0 Å². The standard InChI is InChI=1S/C13H18O3S/c1-4-12(11(3)14)9-17(15,16)13-7-5-10(2)6-8-13/h4-8,11-12,14H,1,9H2,2-3H3. The molecule has 0 aliphatic carbocycles. The highest BCUT2D eigenvalue weighted by Gasteiger charge is 2.22. The molecule has 0 saturated heterocycles. The highest BCUT2D eigenvalue weighted by atomic mass is 32.2. The molecule has 2 unspecified atom stereocenters. The number of rotatable bonds is 5. The van der Waals surface area contributed by atoms with Gasteiger partial charge in [-0.1, -0.05) is 23.8 Å². The van der Waals surface area contributed by atoms with Gasteiger partial charge in [0.15, 0.2) is 9.84 Å². The number of aliphatic hydroxyl groups excluding tert-OH is 1. The largest absolute Gasteiger partial charge is 0.393 e. The molecule has 1 aromatic carbocycles. The van der Waals surface area contributed by atoms with Crippen LogP contribution in [0.4, 0.5) is 0 Å². The van der Waals surface area contributed by atoms with Crippen molar-refractivity contribution in [2.75, 3.05) is 5.75 Å². The summed E-state index contributed by atoms with van der Waals surface area (Å²) < 4.78 is 24.1. The molecule has 0 amide bonds. The first-order chi connectivity index (χ1) is 7.86. The predicted octanol–water partition coefficient (Wildman–Crippen LogP) is 1.95. The third kappa shape index (κ3) is 3.68. The Balaban J connectivity index is 2.96. The molecular formula is C13H18O3S. The third-order valence-electron chi connectivity index (χ3n) is 2.71. The van der Waals surface area contributed by atoms with E-state index in [2.05, 4.69) is 6.58 Å². The van der Waals surface area contributed by atoms with Crippen LogP contribution < -0.4 is 0 Å². The lowest BCUT2D eigenvalue weighted by atomic mass is 10.1. The van der Waals surface area contributed by atoms with Crippen LogP contribution in [-0.2, 0) is 9.84 Å². The van der Waals surface area contributed by atoms with Crippen LogP contribution >= 0.6 is 0 Å². The van der Waals surface area contributed by atoms with Crippen molar-refractivity contribution in [3.63, 3.8) is 0 Å². The van der Waals surface area contributed by atoms with Gasteiger partial charge in [0.05, 0.1) is 16.8 Å². The first-order valence-electron chi connectivity index (χ1n) is 5.47. The highest BCUT2D eigenvalue weighted by Crippen LogP contribution is 2.17. The van der Waals surface area contributed by atoms with E-state index < -0.39 is 21.9 Å². The Labute approximate surface area is 103 Å². The fourth-order valence-electron chi connectivity index (χ4n) is 1.50. The summed E-state index contributed by atoms with van der Waals surface area (Å²) in [6.45, 7) is 7.02. The van der Waals surface area contributed by atoms with Crippen LogP contribution in [0.5, 0.6) is 0 Å². The fourth-order valence-corrected chi connectivity index (χ4v) is 3.16. The van der Waals surface area contributed by atoms with Crippen molar-refractivity contribution in [2.24, 2.45) is 5.92 Å². The summed E-state index contributed by atoms with van der Waals surface area (Å²) in [7, 11) is -3.36. The molecule has 1 N–H and O–H groups in total. The molecule has 17 heavy (non-hydrogen) atoms. The van der Waals surface area contributed by atoms with E-state index in [1.807, 2.05) is 6.92 Å². The van der Waals surface area contributed by atoms with E-state index in [9.17, 15) is 13.5 Å². The lowest BCUT2D eigenvalue weighted by molar-refractivity contribution is 0.158. The zero-order valence-corrected chi connectivity index (χ0v) is 10.9. The van der Waals surface area contributed by atoms with E-state index in [1.54, 1.807) is 31.2 Å². The van der Waals surface area contributed by atoms with Gasteiger partial charge in [-0.25, -0.2) is 8.42 Å². The summed E-state index contributed by atoms with van der Waals surface area (Å²) >= 11 is 0. The van der Waals surface area contributed by atoms with Gasteiger partial charge in [0, 0.05) is 5.92 Å². The second kappa shape index (κ2) is 5.47. The Hall–Kier alpha value is -1.13. The van der Waals surface area contributed by atoms with Crippen molar-refractivity contribution in [1.29, 1.82) is 0 Å². The summed E-state index contributed by atoms with van der Waals surface area (Å²) in [5.41, 5.74) is 1.01. The monoisotopic (exact) mass is 254 g/mol. The Morgan fingerprint density at radius 2 is 1.88 bits per heavy atom. The summed E-state index contributed by atoms with van der Waals surface area (Å²) in [5, 5.41) is 9.43. The predicted molar refractivity (Wildman–Crippen MR) is 68.6 cm³/mol. The molecule has 94 valence electrons. The van der Waals surface area contributed by atoms with Crippen molar-refractivity contribution in [3.8, 4) is 0 Å². The maximum atomic E-state index is 12.1. The van der Waals surface area contributed by atoms with Crippen molar-refractivity contribution >= 4 is 9.84 Å². The van der Waals surface area contributed by atoms with Gasteiger partial charge in [0.2, 0.25) is 0 Å². The SMILES string of the molecule is C=CC(CS(=O)(=O)c1ccc(C)cc1)C(C)O. The molecular weight excluding hydrogens is 236 g/mol. The molecule has 0 saturated carbocycles. The van der Waals surface area contributed by atoms with Crippen molar-refractivity contribution in [3.05, 3.63) is 42.5 Å². The van der Waals surface area contributed by atoms with E-state index in [4.69, 9.17) is 0 Å². The maximum absolute atomic E-state index is 12.1. The lowest BCUT2D eigenvalue weighted by Gasteiger charge is -2.15. The third-order valence-corrected chi connectivity index (χ3v) is 4.53. The van der Waals surface area contributed by atoms with Gasteiger partial charge in [-0.15, -0.1) is 6.58 Å². The van der Waals surface area contributed by atoms with Crippen molar-refractivity contribution in [2.45, 2.75) is 24.8 Å². The van der Waals surface area contributed by atoms with Crippen LogP contribution in [-0.4, -0.2) is 25.4 Å². The molecule has 0 radical (unpaired) electrons. The van der Waals surface area contributed by atoms with Gasteiger partial charge in [-0.3, -0.25) is 0 Å². The fraction of sp³-hybridized carbons (Fsp3) is 0.385. The minimum atomic E-state index is -3.36. The number of aryl methyl sites for hydroxylation is 1. The summed E-state index contributed by atoms with van der Waals surface area (Å²) in [4.78, 5) is 0.288. The Morgan fingerprint density at radius 1 is 1.35 bits per heavy atom. The molecule has 0 aliphatic rings. The zero-order valence-electron chi connectivity index (χ0n) is 10.1. The first-order valence-corrected chi connectivity index (χ1v) is 7.12. The average Bonchev–Trinajstić information content (AvgIpc) is 2.26. The second-order valence-electron chi connectivity index (χ2n) is 4.23. The van der Waals surface area contributed by atoms with Crippen LogP contribution in [0, 0.1) is 12.8 Å². The van der Waals surface area contributed by atoms with Crippen LogP contribution in [0.3, 0.4) is 0 Å². The van der Waals surface area contributed by atoms with E-state index in [1.165, 1.54) is 6.08 Å². The highest BCUT2D eigenvalue weighted by molar-refractivity contribution is 7.91. The molecule has 0 spiro atoms. The Kier molecular flexibility index (Phi) is 4.48. The molecule has 3 nitrogen and oxygen atoms in total. The number of hydrogen-bond donors (Lipinski definition) is 1. The van der Waals surface area contributed by atoms with E-state index in [0.29, 0.717) is 0 Å². The van der Waals surface area contributed by atoms with Crippen LogP contribution in [0.2, 0.25) is 0 Å². The normalized spacial score (nSPS) is 15.2. The van der Waals surface area contributed by atoms with Gasteiger partial charge < -0.3 is 5.11 Å². The number of aliphatic hydroxyl groups is 1. The van der Waals surface area contributed by atoms with Gasteiger partial charge >= 0.3 is 0 Å². The van der Waals surface area contributed by atoms with Gasteiger partial charge in [-0.05, 0) is 26.0 Å². The summed E-state index contributed by atoms with van der Waals surface area (Å²) in [5.74, 6) is -0.557. The lowest BCUT2D eigenvalue weighted by Crippen LogP contribution is -2.23. The van der Waals surface area contributed by atoms with Crippen LogP contribution in [0.1, 0.15) is 12.5 Å². The quantitative estimate of drug-likeness (QED) is 0.817. The second-order valence-corrected chi connectivity index (χ2v) is 6.27. The van der Waals surface area contributed by atoms with E-state index in [-0.39, 0.29) is 10.6 Å². The molecule has 1 rings (SSSR count). The Morgan fingerprint density at radius 3 is 2.29 bits per heavy atom. The van der Waals surface area contributed by atoms with Crippen LogP contribution in [0.25, 0.3) is 0 Å². The van der Waals surface area contributed by atoms with Gasteiger partial charge in [0.25, 0.3) is 0 Å². The number of benzene rings is 1. The molecule has 0 heterocycles. The molecule has 0 aliphatic heterocycles. The molecule has 0 bridgehead atoms. The summed E-state index contributed by atoms with van der Waals surface area (Å²) in [6.07, 6.45) is 0.767. The van der Waals surface area contributed by atoms with Crippen molar-refractivity contribution < 1.29 is 13.5 Å². The summed E-state index contributed by atoms with van der Waals surface area (Å²) in [6, 6.07) is 6.70. The smallest absolute Gasteiger partial charge is 0.179 e. The first kappa shape index (κ1) is 13.9. The minimum Gasteiger partial charge on any atom is -0.393 e. The number of sulfone groups is 1. The molecule has 0 fully saturated rings. The molecule has 4 heteroatoms. The average molecular weight is 254 g/mol. The van der Waals surface area contributed by atoms with E-state index in [0.717, 1.165) is 5.56 Å². The minimum absolute atomic E-state index is 0.114. The topological polar surface area (TPSA) is 54.4 Å². The molecule has 2 atom stereocenters. The van der Waals surface area contributed by atoms with Gasteiger partial charge in [0.1, 0.15) is 0 Å². The van der Waals surface area contributed by atoms with Gasteiger partial charge in [-0.2, -0.15) is 0 Å². The Bertz CT molecular complexity index is 472. The maximum Gasteiger partial charge on any atom is 0.179 e. The van der Waals surface area contributed by atoms with Crippen molar-refractivity contribution in [1.82, 2.24) is 0 Å². The molecule has 1 aromatic rings. The number of hydrogen-bond acceptors (Lipinski definition) is 3.